The minimum absolute atomic E-state index is 1.22. The summed E-state index contributed by atoms with van der Waals surface area (Å²) in [6, 6.07) is 76.1. The molecule has 0 amide bonds. The standard InChI is InChI=1S/C54H34/c1-2-12-35(13-3-1)36-22-24-37(25-23-36)39-28-26-38-27-29-40(33-42(38)32-39)53-48-18-8-10-20-50(48)54(51-21-11-9-19-49(51)53)41-30-31-47-45-16-5-4-14-43(45)44-15-6-7-17-46(44)52(47)34-41/h1-34H. The highest BCUT2D eigenvalue weighted by atomic mass is 14.2. The van der Waals surface area contributed by atoms with E-state index in [2.05, 4.69) is 206 Å². The largest absolute Gasteiger partial charge is 0.0622 e. The zero-order valence-electron chi connectivity index (χ0n) is 29.6. The highest BCUT2D eigenvalue weighted by Gasteiger charge is 2.18. The first-order valence-corrected chi connectivity index (χ1v) is 18.8. The Labute approximate surface area is 314 Å². The highest BCUT2D eigenvalue weighted by molar-refractivity contribution is 6.27. The van der Waals surface area contributed by atoms with Gasteiger partial charge in [0.05, 0.1) is 0 Å². The van der Waals surface area contributed by atoms with Crippen molar-refractivity contribution in [1.29, 1.82) is 0 Å². The molecule has 0 heteroatoms. The van der Waals surface area contributed by atoms with E-state index < -0.39 is 0 Å². The van der Waals surface area contributed by atoms with Gasteiger partial charge in [0.2, 0.25) is 0 Å². The van der Waals surface area contributed by atoms with Crippen LogP contribution in [0.15, 0.2) is 206 Å². The van der Waals surface area contributed by atoms with Crippen LogP contribution in [0.1, 0.15) is 0 Å². The first kappa shape index (κ1) is 30.6. The summed E-state index contributed by atoms with van der Waals surface area (Å²) in [6.07, 6.45) is 0. The van der Waals surface area contributed by atoms with E-state index in [1.165, 1.54) is 109 Å². The Morgan fingerprint density at radius 2 is 0.500 bits per heavy atom. The molecule has 0 aliphatic carbocycles. The lowest BCUT2D eigenvalue weighted by molar-refractivity contribution is 1.60. The molecule has 0 aromatic heterocycles. The van der Waals surface area contributed by atoms with Crippen LogP contribution >= 0.6 is 0 Å². The first-order chi connectivity index (χ1) is 26.8. The van der Waals surface area contributed by atoms with Crippen molar-refractivity contribution < 1.29 is 0 Å². The van der Waals surface area contributed by atoms with Crippen LogP contribution in [0, 0.1) is 0 Å². The molecule has 11 aromatic carbocycles. The fourth-order valence-electron chi connectivity index (χ4n) is 8.88. The predicted molar refractivity (Wildman–Crippen MR) is 233 cm³/mol. The fraction of sp³-hybridized carbons (Fsp3) is 0. The predicted octanol–water partition coefficient (Wildman–Crippen LogP) is 15.3. The molecule has 0 heterocycles. The van der Waals surface area contributed by atoms with Crippen LogP contribution in [0.4, 0.5) is 0 Å². The van der Waals surface area contributed by atoms with Gasteiger partial charge in [-0.15, -0.1) is 0 Å². The van der Waals surface area contributed by atoms with E-state index >= 15 is 0 Å². The Morgan fingerprint density at radius 3 is 1.04 bits per heavy atom. The minimum Gasteiger partial charge on any atom is -0.0622 e. The quantitative estimate of drug-likeness (QED) is 0.128. The second kappa shape index (κ2) is 12.3. The highest BCUT2D eigenvalue weighted by Crippen LogP contribution is 2.46. The smallest absolute Gasteiger partial charge is 0.00261 e. The van der Waals surface area contributed by atoms with Gasteiger partial charge in [-0.1, -0.05) is 188 Å². The molecule has 0 bridgehead atoms. The normalized spacial score (nSPS) is 11.7. The Hall–Kier alpha value is -7.02. The number of benzene rings is 11. The summed E-state index contributed by atoms with van der Waals surface area (Å²) < 4.78 is 0. The van der Waals surface area contributed by atoms with Crippen molar-refractivity contribution in [2.75, 3.05) is 0 Å². The van der Waals surface area contributed by atoms with E-state index in [0.717, 1.165) is 0 Å². The lowest BCUT2D eigenvalue weighted by Gasteiger charge is -2.19. The van der Waals surface area contributed by atoms with E-state index in [9.17, 15) is 0 Å². The molecule has 0 nitrogen and oxygen atoms in total. The van der Waals surface area contributed by atoms with Crippen LogP contribution in [0.3, 0.4) is 0 Å². The number of hydrogen-bond donors (Lipinski definition) is 0. The summed E-state index contributed by atoms with van der Waals surface area (Å²) in [5.74, 6) is 0. The van der Waals surface area contributed by atoms with E-state index in [1.807, 2.05) is 0 Å². The summed E-state index contributed by atoms with van der Waals surface area (Å²) in [5.41, 5.74) is 9.94. The average molecular weight is 683 g/mol. The number of rotatable bonds is 4. The molecule has 0 saturated heterocycles. The van der Waals surface area contributed by atoms with Crippen LogP contribution < -0.4 is 0 Å². The van der Waals surface area contributed by atoms with Gasteiger partial charge in [-0.25, -0.2) is 0 Å². The summed E-state index contributed by atoms with van der Waals surface area (Å²) in [5, 5.41) is 15.3. The molecule has 0 fully saturated rings. The van der Waals surface area contributed by atoms with Crippen LogP contribution in [-0.4, -0.2) is 0 Å². The molecule has 0 radical (unpaired) electrons. The van der Waals surface area contributed by atoms with Crippen molar-refractivity contribution in [2.24, 2.45) is 0 Å². The molecule has 0 spiro atoms. The molecule has 11 rings (SSSR count). The maximum atomic E-state index is 2.43. The monoisotopic (exact) mass is 682 g/mol. The van der Waals surface area contributed by atoms with Crippen molar-refractivity contribution in [1.82, 2.24) is 0 Å². The number of fused-ring (bicyclic) bond motifs is 9. The van der Waals surface area contributed by atoms with E-state index in [-0.39, 0.29) is 0 Å². The van der Waals surface area contributed by atoms with Crippen LogP contribution in [0.5, 0.6) is 0 Å². The van der Waals surface area contributed by atoms with Gasteiger partial charge in [-0.2, -0.15) is 0 Å². The summed E-state index contributed by atoms with van der Waals surface area (Å²) in [6.45, 7) is 0. The topological polar surface area (TPSA) is 0 Å². The minimum atomic E-state index is 1.22. The lowest BCUT2D eigenvalue weighted by Crippen LogP contribution is -1.91. The Balaban J connectivity index is 1.10. The summed E-state index contributed by atoms with van der Waals surface area (Å²) in [4.78, 5) is 0. The van der Waals surface area contributed by atoms with Crippen LogP contribution in [0.2, 0.25) is 0 Å². The van der Waals surface area contributed by atoms with Crippen LogP contribution in [-0.2, 0) is 0 Å². The third-order valence-corrected chi connectivity index (χ3v) is 11.4. The number of hydrogen-bond acceptors (Lipinski definition) is 0. The molecule has 0 atom stereocenters. The summed E-state index contributed by atoms with van der Waals surface area (Å²) in [7, 11) is 0. The van der Waals surface area contributed by atoms with Gasteiger partial charge in [0, 0.05) is 0 Å². The third-order valence-electron chi connectivity index (χ3n) is 11.4. The molecular formula is C54H34. The van der Waals surface area contributed by atoms with E-state index in [0.29, 0.717) is 0 Å². The second-order valence-electron chi connectivity index (χ2n) is 14.4. The van der Waals surface area contributed by atoms with Gasteiger partial charge < -0.3 is 0 Å². The molecule has 11 aromatic rings. The van der Waals surface area contributed by atoms with Gasteiger partial charge in [-0.05, 0) is 127 Å². The zero-order chi connectivity index (χ0) is 35.6. The van der Waals surface area contributed by atoms with Crippen LogP contribution in [0.25, 0.3) is 109 Å². The van der Waals surface area contributed by atoms with Gasteiger partial charge in [0.1, 0.15) is 0 Å². The SMILES string of the molecule is c1ccc(-c2ccc(-c3ccc4ccc(-c5c6ccccc6c(-c6ccc7c8ccccc8c8ccccc8c7c6)c6ccccc56)cc4c3)cc2)cc1. The molecule has 0 N–H and O–H groups in total. The molecular weight excluding hydrogens is 649 g/mol. The average Bonchev–Trinajstić information content (AvgIpc) is 3.25. The third kappa shape index (κ3) is 4.85. The molecule has 0 unspecified atom stereocenters. The molecule has 54 heavy (non-hydrogen) atoms. The van der Waals surface area contributed by atoms with E-state index in [1.54, 1.807) is 0 Å². The molecule has 0 saturated carbocycles. The molecule has 0 aliphatic heterocycles. The van der Waals surface area contributed by atoms with Crippen molar-refractivity contribution in [3.63, 3.8) is 0 Å². The summed E-state index contributed by atoms with van der Waals surface area (Å²) >= 11 is 0. The Kier molecular flexibility index (Phi) is 6.97. The second-order valence-corrected chi connectivity index (χ2v) is 14.4. The lowest BCUT2D eigenvalue weighted by atomic mass is 9.84. The van der Waals surface area contributed by atoms with Gasteiger partial charge >= 0.3 is 0 Å². The van der Waals surface area contributed by atoms with Gasteiger partial charge in [0.25, 0.3) is 0 Å². The van der Waals surface area contributed by atoms with Crippen molar-refractivity contribution >= 4 is 64.6 Å². The van der Waals surface area contributed by atoms with Crippen molar-refractivity contribution in [2.45, 2.75) is 0 Å². The molecule has 0 aliphatic rings. The Morgan fingerprint density at radius 1 is 0.167 bits per heavy atom. The zero-order valence-corrected chi connectivity index (χ0v) is 29.6. The van der Waals surface area contributed by atoms with Gasteiger partial charge in [-0.3, -0.25) is 0 Å². The first-order valence-electron chi connectivity index (χ1n) is 18.8. The fourth-order valence-corrected chi connectivity index (χ4v) is 8.88. The van der Waals surface area contributed by atoms with Crippen molar-refractivity contribution in [3.05, 3.63) is 206 Å². The van der Waals surface area contributed by atoms with Crippen molar-refractivity contribution in [3.8, 4) is 44.5 Å². The van der Waals surface area contributed by atoms with E-state index in [4.69, 9.17) is 0 Å². The molecule has 250 valence electrons. The van der Waals surface area contributed by atoms with Gasteiger partial charge in [0.15, 0.2) is 0 Å². The maximum Gasteiger partial charge on any atom is -0.00261 e. The maximum absolute atomic E-state index is 2.43. The Bertz CT molecular complexity index is 3150.